The third-order valence-corrected chi connectivity index (χ3v) is 14.7. The van der Waals surface area contributed by atoms with E-state index in [0.717, 1.165) is 13.3 Å². The Labute approximate surface area is 188 Å². The van der Waals surface area contributed by atoms with E-state index >= 15 is 0 Å². The van der Waals surface area contributed by atoms with Crippen LogP contribution in [0.2, 0.25) is 18.1 Å². The summed E-state index contributed by atoms with van der Waals surface area (Å²) in [6, 6.07) is -0.656. The zero-order valence-corrected chi connectivity index (χ0v) is 23.5. The second-order valence-electron chi connectivity index (χ2n) is 10.8. The van der Waals surface area contributed by atoms with E-state index in [2.05, 4.69) is 0 Å². The van der Waals surface area contributed by atoms with E-state index in [-0.39, 0.29) is 24.2 Å². The first-order chi connectivity index (χ1) is 13.6. The fourth-order valence-electron chi connectivity index (χ4n) is 3.46. The van der Waals surface area contributed by atoms with Gasteiger partial charge in [0.05, 0.1) is 25.1 Å². The van der Waals surface area contributed by atoms with Crippen molar-refractivity contribution in [1.82, 2.24) is 0 Å². The number of aliphatic hydroxyl groups excluding tert-OH is 1. The van der Waals surface area contributed by atoms with Crippen LogP contribution in [0.3, 0.4) is 0 Å². The number of aliphatic hydroxyl groups is 1. The molecule has 0 radical (unpaired) electrons. The van der Waals surface area contributed by atoms with Crippen molar-refractivity contribution in [3.8, 4) is 0 Å². The summed E-state index contributed by atoms with van der Waals surface area (Å²) in [5.74, 6) is 0. The molecule has 1 fully saturated rings. The van der Waals surface area contributed by atoms with Crippen LogP contribution in [0.25, 0.3) is 0 Å². The molecule has 0 aromatic heterocycles. The van der Waals surface area contributed by atoms with Crippen LogP contribution in [0.5, 0.6) is 0 Å². The van der Waals surface area contributed by atoms with Gasteiger partial charge in [-0.15, -0.1) is 0 Å². The lowest BCUT2D eigenvalue weighted by atomic mass is 9.86. The molecule has 0 aromatic carbocycles. The molecule has 184 valence electrons. The van der Waals surface area contributed by atoms with Gasteiger partial charge in [0, 0.05) is 12.8 Å². The van der Waals surface area contributed by atoms with Crippen molar-refractivity contribution in [1.29, 1.82) is 0 Å². The number of alkyl halides is 2. The van der Waals surface area contributed by atoms with Crippen LogP contribution in [0.15, 0.2) is 0 Å². The van der Waals surface area contributed by atoms with Crippen molar-refractivity contribution in [3.05, 3.63) is 0 Å². The van der Waals surface area contributed by atoms with Crippen LogP contribution >= 0.6 is 14.5 Å². The lowest BCUT2D eigenvalue weighted by Gasteiger charge is -2.41. The Morgan fingerprint density at radius 2 is 1.71 bits per heavy atom. The van der Waals surface area contributed by atoms with Gasteiger partial charge in [-0.2, -0.15) is 8.78 Å². The van der Waals surface area contributed by atoms with Crippen LogP contribution in [0, 0.1) is 0 Å². The molecule has 6 nitrogen and oxygen atoms in total. The second-order valence-corrected chi connectivity index (χ2v) is 21.6. The average molecular weight is 504 g/mol. The summed E-state index contributed by atoms with van der Waals surface area (Å²) in [6.07, 6.45) is -3.27. The van der Waals surface area contributed by atoms with E-state index in [0.29, 0.717) is 0 Å². The van der Waals surface area contributed by atoms with Gasteiger partial charge in [-0.3, -0.25) is 4.57 Å². The van der Waals surface area contributed by atoms with E-state index < -0.39 is 58.7 Å². The van der Waals surface area contributed by atoms with Crippen LogP contribution in [-0.4, -0.2) is 83.5 Å². The minimum Gasteiger partial charge on any atom is -0.409 e. The lowest BCUT2D eigenvalue weighted by molar-refractivity contribution is -0.112. The standard InChI is InChI=1S/C19H41BF2O6P2Si/c1-10-26-30(7,25)12-11-18(13-19(21,22)29(5,6)24)15(23)14(16(20)27-18)28-31(8,9)17(2,3)4/h14-16,23H,10-13,20H2,1-9H3/t14?,15-,16-,18-,30?/m1/s1. The van der Waals surface area contributed by atoms with Crippen molar-refractivity contribution < 1.29 is 36.7 Å². The molecule has 0 bridgehead atoms. The van der Waals surface area contributed by atoms with E-state index in [4.69, 9.17) is 13.7 Å². The summed E-state index contributed by atoms with van der Waals surface area (Å²) in [6.45, 7) is 15.6. The molecule has 0 aliphatic carbocycles. The normalized spacial score (nSPS) is 30.4. The minimum absolute atomic E-state index is 0.0365. The quantitative estimate of drug-likeness (QED) is 0.351. The molecule has 1 heterocycles. The zero-order valence-electron chi connectivity index (χ0n) is 20.7. The topological polar surface area (TPSA) is 82.1 Å². The van der Waals surface area contributed by atoms with Crippen molar-refractivity contribution >= 4 is 30.7 Å². The predicted octanol–water partition coefficient (Wildman–Crippen LogP) is 4.41. The van der Waals surface area contributed by atoms with E-state index in [9.17, 15) is 23.0 Å². The molecule has 1 saturated heterocycles. The van der Waals surface area contributed by atoms with Gasteiger partial charge in [0.1, 0.15) is 26.7 Å². The molecule has 0 amide bonds. The highest BCUT2D eigenvalue weighted by atomic mass is 31.2. The van der Waals surface area contributed by atoms with Crippen LogP contribution < -0.4 is 0 Å². The van der Waals surface area contributed by atoms with Gasteiger partial charge in [-0.25, -0.2) is 0 Å². The largest absolute Gasteiger partial charge is 0.409 e. The Morgan fingerprint density at radius 3 is 2.13 bits per heavy atom. The molecule has 1 rings (SSSR count). The maximum Gasteiger partial charge on any atom is 0.300 e. The van der Waals surface area contributed by atoms with Gasteiger partial charge in [-0.1, -0.05) is 20.8 Å². The highest BCUT2D eigenvalue weighted by Gasteiger charge is 2.61. The summed E-state index contributed by atoms with van der Waals surface area (Å²) in [5, 5.41) is 11.1. The summed E-state index contributed by atoms with van der Waals surface area (Å²) in [5.41, 5.74) is -5.29. The SMILES string of the molecule is B[C@@H]1O[C@](CCP(C)(=O)OCC)(CC(F)(F)P(C)(C)=O)[C@H](O)C1O[Si](C)(C)C(C)(C)C. The summed E-state index contributed by atoms with van der Waals surface area (Å²) in [7, 11) is -7.55. The highest BCUT2D eigenvalue weighted by molar-refractivity contribution is 7.63. The minimum atomic E-state index is -3.83. The Balaban J connectivity index is 3.34. The summed E-state index contributed by atoms with van der Waals surface area (Å²) < 4.78 is 72.6. The first-order valence-electron chi connectivity index (χ1n) is 10.8. The van der Waals surface area contributed by atoms with Crippen molar-refractivity contribution in [2.45, 2.75) is 88.1 Å². The lowest BCUT2D eigenvalue weighted by Crippen LogP contribution is -2.52. The molecular weight excluding hydrogens is 463 g/mol. The maximum atomic E-state index is 15.0. The first kappa shape index (κ1) is 29.5. The molecule has 1 aliphatic heterocycles. The fourth-order valence-corrected chi connectivity index (χ4v) is 6.93. The van der Waals surface area contributed by atoms with Crippen LogP contribution in [-0.2, 0) is 22.8 Å². The molecule has 12 heteroatoms. The molecule has 2 unspecified atom stereocenters. The smallest absolute Gasteiger partial charge is 0.300 e. The Hall–Kier alpha value is 0.442. The van der Waals surface area contributed by atoms with Gasteiger partial charge < -0.3 is 23.4 Å². The number of hydrogen-bond acceptors (Lipinski definition) is 6. The third kappa shape index (κ3) is 6.97. The Morgan fingerprint density at radius 1 is 1.19 bits per heavy atom. The molecule has 0 saturated carbocycles. The Kier molecular flexibility index (Phi) is 9.12. The summed E-state index contributed by atoms with van der Waals surface area (Å²) in [4.78, 5) is 0. The predicted molar refractivity (Wildman–Crippen MR) is 128 cm³/mol. The van der Waals surface area contributed by atoms with Gasteiger partial charge in [0.2, 0.25) is 0 Å². The molecule has 5 atom stereocenters. The van der Waals surface area contributed by atoms with E-state index in [1.165, 1.54) is 6.66 Å². The Bertz CT molecular complexity index is 727. The van der Waals surface area contributed by atoms with Gasteiger partial charge >= 0.3 is 0 Å². The fraction of sp³-hybridized carbons (Fsp3) is 1.00. The van der Waals surface area contributed by atoms with Gasteiger partial charge in [0.15, 0.2) is 15.7 Å². The number of halogens is 2. The van der Waals surface area contributed by atoms with Crippen molar-refractivity contribution in [2.24, 2.45) is 0 Å². The summed E-state index contributed by atoms with van der Waals surface area (Å²) >= 11 is 0. The zero-order chi connectivity index (χ0) is 24.7. The number of hydrogen-bond donors (Lipinski definition) is 1. The van der Waals surface area contributed by atoms with Crippen molar-refractivity contribution in [2.75, 3.05) is 32.8 Å². The average Bonchev–Trinajstić information content (AvgIpc) is 2.75. The number of ether oxygens (including phenoxy) is 1. The third-order valence-electron chi connectivity index (χ3n) is 6.61. The first-order valence-corrected chi connectivity index (χ1v) is 18.6. The van der Waals surface area contributed by atoms with Gasteiger partial charge in [-0.05, 0) is 44.8 Å². The molecule has 1 aliphatic rings. The van der Waals surface area contributed by atoms with Crippen LogP contribution in [0.1, 0.15) is 40.5 Å². The maximum absolute atomic E-state index is 15.0. The highest BCUT2D eigenvalue weighted by Crippen LogP contribution is 2.60. The van der Waals surface area contributed by atoms with Crippen molar-refractivity contribution in [3.63, 3.8) is 0 Å². The molecule has 1 N–H and O–H groups in total. The second kappa shape index (κ2) is 9.59. The van der Waals surface area contributed by atoms with Crippen LogP contribution in [0.4, 0.5) is 8.78 Å². The molecular formula is C19H41BF2O6P2Si. The van der Waals surface area contributed by atoms with E-state index in [1.807, 2.05) is 33.9 Å². The van der Waals surface area contributed by atoms with E-state index in [1.54, 1.807) is 14.8 Å². The molecule has 0 aromatic rings. The molecule has 31 heavy (non-hydrogen) atoms. The van der Waals surface area contributed by atoms with Gasteiger partial charge in [0.25, 0.3) is 5.66 Å². The molecule has 0 spiro atoms. The monoisotopic (exact) mass is 504 g/mol. The number of rotatable bonds is 10.